The monoisotopic (exact) mass is 335 g/mol. The van der Waals surface area contributed by atoms with Gasteiger partial charge in [0, 0.05) is 6.92 Å². The van der Waals surface area contributed by atoms with Crippen LogP contribution in [0.5, 0.6) is 5.75 Å². The average Bonchev–Trinajstić information content (AvgIpc) is 2.35. The first-order valence-electron chi connectivity index (χ1n) is 5.56. The maximum absolute atomic E-state index is 11.0. The van der Waals surface area contributed by atoms with Crippen LogP contribution < -0.4 is 61.4 Å². The van der Waals surface area contributed by atoms with E-state index in [0.29, 0.717) is 27.2 Å². The first-order valence-corrected chi connectivity index (χ1v) is 6.32. The molecule has 0 radical (unpaired) electrons. The minimum atomic E-state index is -0.389. The fourth-order valence-electron chi connectivity index (χ4n) is 1.57. The molecule has 0 amide bonds. The van der Waals surface area contributed by atoms with Crippen molar-refractivity contribution in [2.24, 2.45) is 0 Å². The Bertz CT molecular complexity index is 605. The Morgan fingerprint density at radius 3 is 2.30 bits per heavy atom. The zero-order chi connectivity index (χ0) is 13.8. The van der Waals surface area contributed by atoms with E-state index in [-0.39, 0.29) is 58.8 Å². The van der Waals surface area contributed by atoms with Crippen molar-refractivity contribution in [3.8, 4) is 5.75 Å². The molecule has 0 heterocycles. The van der Waals surface area contributed by atoms with Crippen molar-refractivity contribution in [1.82, 2.24) is 0 Å². The number of rotatable bonds is 3. The topological polar surface area (TPSA) is 38.3 Å². The van der Waals surface area contributed by atoms with Crippen LogP contribution in [-0.2, 0) is 4.79 Å². The summed E-state index contributed by atoms with van der Waals surface area (Å²) in [4.78, 5) is 11.0. The number of para-hydroxylation sites is 3. The Kier molecular flexibility index (Phi) is 7.54. The van der Waals surface area contributed by atoms with Crippen molar-refractivity contribution in [3.63, 3.8) is 0 Å². The van der Waals surface area contributed by atoms with Crippen LogP contribution in [0, 0.1) is 0 Å². The minimum absolute atomic E-state index is 0. The van der Waals surface area contributed by atoms with Crippen LogP contribution in [0.2, 0.25) is 10.0 Å². The van der Waals surface area contributed by atoms with Crippen LogP contribution in [0.25, 0.3) is 0 Å². The zero-order valence-corrected chi connectivity index (χ0v) is 15.7. The van der Waals surface area contributed by atoms with Gasteiger partial charge in [0.1, 0.15) is 0 Å². The number of hydrogen-bond donors (Lipinski definition) is 1. The third-order valence-corrected chi connectivity index (χ3v) is 2.99. The fraction of sp³-hybridized carbons (Fsp3) is 0.0714. The number of benzene rings is 2. The maximum atomic E-state index is 11.0. The van der Waals surface area contributed by atoms with Gasteiger partial charge < -0.3 is 11.5 Å². The number of hydrogen-bond acceptors (Lipinski definition) is 3. The van der Waals surface area contributed by atoms with E-state index in [1.807, 2.05) is 6.07 Å². The number of carbonyl (C=O) groups excluding carboxylic acids is 1. The molecule has 0 aliphatic heterocycles. The standard InChI is InChI=1S/C14H11Cl2NO2.K.H/c1-9(18)19-13-8-3-2-7-12(13)17-14-10(15)5-4-6-11(14)16;;/h2-8,17H,1H3;;/q;+1;-1. The van der Waals surface area contributed by atoms with Gasteiger partial charge in [-0.05, 0) is 24.3 Å². The van der Waals surface area contributed by atoms with E-state index in [2.05, 4.69) is 5.32 Å². The molecule has 0 fully saturated rings. The van der Waals surface area contributed by atoms with Gasteiger partial charge in [0.15, 0.2) is 5.75 Å². The molecule has 1 N–H and O–H groups in total. The number of anilines is 2. The largest absolute Gasteiger partial charge is 1.00 e. The van der Waals surface area contributed by atoms with Gasteiger partial charge in [-0.1, -0.05) is 41.4 Å². The molecular formula is C14H12Cl2KNO2. The second kappa shape index (κ2) is 8.39. The molecule has 0 saturated heterocycles. The van der Waals surface area contributed by atoms with Crippen LogP contribution in [0.4, 0.5) is 11.4 Å². The van der Waals surface area contributed by atoms with Gasteiger partial charge in [-0.2, -0.15) is 0 Å². The number of halogens is 2. The molecule has 6 heteroatoms. The first-order chi connectivity index (χ1) is 9.08. The summed E-state index contributed by atoms with van der Waals surface area (Å²) in [5, 5.41) is 4.06. The fourth-order valence-corrected chi connectivity index (χ4v) is 2.06. The molecule has 2 rings (SSSR count). The van der Waals surface area contributed by atoms with Crippen molar-refractivity contribution >= 4 is 40.5 Å². The van der Waals surface area contributed by atoms with Crippen molar-refractivity contribution in [3.05, 3.63) is 52.5 Å². The summed E-state index contributed by atoms with van der Waals surface area (Å²) in [6, 6.07) is 12.3. The van der Waals surface area contributed by atoms with Gasteiger partial charge >= 0.3 is 57.4 Å². The first kappa shape index (κ1) is 18.0. The zero-order valence-electron chi connectivity index (χ0n) is 12.1. The average molecular weight is 336 g/mol. The van der Waals surface area contributed by atoms with E-state index < -0.39 is 0 Å². The van der Waals surface area contributed by atoms with Crippen LogP contribution >= 0.6 is 23.2 Å². The van der Waals surface area contributed by atoms with Crippen LogP contribution in [0.1, 0.15) is 8.35 Å². The molecule has 0 aliphatic carbocycles. The molecule has 0 unspecified atom stereocenters. The summed E-state index contributed by atoms with van der Waals surface area (Å²) in [6.07, 6.45) is 0. The summed E-state index contributed by atoms with van der Waals surface area (Å²) in [7, 11) is 0. The molecule has 0 saturated carbocycles. The summed E-state index contributed by atoms with van der Waals surface area (Å²) in [6.45, 7) is 1.35. The maximum Gasteiger partial charge on any atom is 1.00 e. The van der Waals surface area contributed by atoms with E-state index in [1.54, 1.807) is 36.4 Å². The van der Waals surface area contributed by atoms with Crippen LogP contribution in [0.15, 0.2) is 42.5 Å². The Morgan fingerprint density at radius 2 is 1.70 bits per heavy atom. The second-order valence-corrected chi connectivity index (χ2v) is 4.63. The van der Waals surface area contributed by atoms with Gasteiger partial charge in [0.05, 0.1) is 21.4 Å². The number of esters is 1. The molecule has 0 aliphatic rings. The quantitative estimate of drug-likeness (QED) is 0.528. The van der Waals surface area contributed by atoms with E-state index in [4.69, 9.17) is 27.9 Å². The summed E-state index contributed by atoms with van der Waals surface area (Å²) in [5.41, 5.74) is 1.19. The van der Waals surface area contributed by atoms with Gasteiger partial charge in [-0.25, -0.2) is 0 Å². The van der Waals surface area contributed by atoms with E-state index in [9.17, 15) is 4.79 Å². The molecule has 0 spiro atoms. The smallest absolute Gasteiger partial charge is 1.00 e. The summed E-state index contributed by atoms with van der Waals surface area (Å²) in [5.74, 6) is 0.0329. The Balaban J connectivity index is 0.00000200. The minimum Gasteiger partial charge on any atom is -1.00 e. The molecule has 3 nitrogen and oxygen atoms in total. The molecular weight excluding hydrogens is 324 g/mol. The summed E-state index contributed by atoms with van der Waals surface area (Å²) >= 11 is 12.2. The van der Waals surface area contributed by atoms with Crippen molar-refractivity contribution in [2.45, 2.75) is 6.92 Å². The molecule has 100 valence electrons. The van der Waals surface area contributed by atoms with E-state index >= 15 is 0 Å². The third kappa shape index (κ3) is 4.74. The second-order valence-electron chi connectivity index (χ2n) is 3.81. The van der Waals surface area contributed by atoms with E-state index in [1.165, 1.54) is 6.92 Å². The van der Waals surface area contributed by atoms with Crippen LogP contribution in [0.3, 0.4) is 0 Å². The predicted molar refractivity (Wildman–Crippen MR) is 78.6 cm³/mol. The Morgan fingerprint density at radius 1 is 1.10 bits per heavy atom. The normalized spacial score (nSPS) is 9.55. The van der Waals surface area contributed by atoms with Gasteiger partial charge in [-0.3, -0.25) is 4.79 Å². The SMILES string of the molecule is CC(=O)Oc1ccccc1Nc1c(Cl)cccc1Cl.[H-].[K+]. The van der Waals surface area contributed by atoms with Crippen molar-refractivity contribution in [1.29, 1.82) is 0 Å². The van der Waals surface area contributed by atoms with Gasteiger partial charge in [0.25, 0.3) is 0 Å². The molecule has 0 bridgehead atoms. The molecule has 2 aromatic rings. The van der Waals surface area contributed by atoms with E-state index in [0.717, 1.165) is 0 Å². The van der Waals surface area contributed by atoms with Crippen molar-refractivity contribution in [2.75, 3.05) is 5.32 Å². The number of ether oxygens (including phenoxy) is 1. The van der Waals surface area contributed by atoms with Crippen LogP contribution in [-0.4, -0.2) is 5.97 Å². The molecule has 0 atom stereocenters. The number of carbonyl (C=O) groups is 1. The Hall–Kier alpha value is -0.0736. The summed E-state index contributed by atoms with van der Waals surface area (Å²) < 4.78 is 5.11. The molecule has 0 aromatic heterocycles. The third-order valence-electron chi connectivity index (χ3n) is 2.36. The van der Waals surface area contributed by atoms with Crippen molar-refractivity contribution < 1.29 is 62.3 Å². The molecule has 20 heavy (non-hydrogen) atoms. The Labute approximate surface area is 171 Å². The predicted octanol–water partition coefficient (Wildman–Crippen LogP) is 1.78. The number of nitrogens with one attached hydrogen (secondary N) is 1. The van der Waals surface area contributed by atoms with Gasteiger partial charge in [-0.15, -0.1) is 0 Å². The molecule has 2 aromatic carbocycles. The van der Waals surface area contributed by atoms with Gasteiger partial charge in [0.2, 0.25) is 0 Å².